The molecule has 3 rings (SSSR count). The molecule has 0 atom stereocenters. The topological polar surface area (TPSA) is 64.9 Å². The van der Waals surface area contributed by atoms with Crippen molar-refractivity contribution in [3.63, 3.8) is 0 Å². The molecule has 0 saturated carbocycles. The fraction of sp³-hybridized carbons (Fsp3) is 0.235. The van der Waals surface area contributed by atoms with E-state index in [-0.39, 0.29) is 6.10 Å². The molecule has 0 fully saturated rings. The van der Waals surface area contributed by atoms with Gasteiger partial charge in [-0.1, -0.05) is 12.1 Å². The largest absolute Gasteiger partial charge is 0.472 e. The van der Waals surface area contributed by atoms with Crippen LogP contribution in [0.25, 0.3) is 5.69 Å². The van der Waals surface area contributed by atoms with Crippen LogP contribution in [0, 0.1) is 0 Å². The minimum Gasteiger partial charge on any atom is -0.472 e. The van der Waals surface area contributed by atoms with E-state index in [4.69, 9.17) is 4.74 Å². The Morgan fingerprint density at radius 1 is 1.09 bits per heavy atom. The Morgan fingerprint density at radius 3 is 2.57 bits per heavy atom. The molecule has 0 amide bonds. The summed E-state index contributed by atoms with van der Waals surface area (Å²) in [6, 6.07) is 10.1. The van der Waals surface area contributed by atoms with Crippen molar-refractivity contribution in [2.45, 2.75) is 26.5 Å². The van der Waals surface area contributed by atoms with Gasteiger partial charge >= 0.3 is 0 Å². The zero-order valence-corrected chi connectivity index (χ0v) is 13.2. The maximum Gasteiger partial charge on any atom is 0.257 e. The third-order valence-electron chi connectivity index (χ3n) is 3.18. The van der Waals surface area contributed by atoms with Crippen molar-refractivity contribution in [2.24, 2.45) is 0 Å². The molecular formula is C17H19N5O. The van der Waals surface area contributed by atoms with Gasteiger partial charge in [-0.05, 0) is 37.6 Å². The van der Waals surface area contributed by atoms with E-state index in [1.54, 1.807) is 18.6 Å². The summed E-state index contributed by atoms with van der Waals surface area (Å²) in [6.07, 6.45) is 7.01. The van der Waals surface area contributed by atoms with Crippen molar-refractivity contribution in [1.82, 2.24) is 19.7 Å². The van der Waals surface area contributed by atoms with Gasteiger partial charge in [0.25, 0.3) is 5.88 Å². The van der Waals surface area contributed by atoms with E-state index in [2.05, 4.69) is 32.5 Å². The Kier molecular flexibility index (Phi) is 4.52. The minimum absolute atomic E-state index is 0.0561. The van der Waals surface area contributed by atoms with Crippen molar-refractivity contribution in [3.8, 4) is 11.6 Å². The molecule has 3 aromatic rings. The highest BCUT2D eigenvalue weighted by atomic mass is 16.5. The van der Waals surface area contributed by atoms with Gasteiger partial charge in [-0.15, -0.1) is 0 Å². The molecule has 23 heavy (non-hydrogen) atoms. The number of nitrogens with one attached hydrogen (secondary N) is 1. The summed E-state index contributed by atoms with van der Waals surface area (Å²) in [5.74, 6) is 1.17. The van der Waals surface area contributed by atoms with E-state index in [0.717, 1.165) is 11.3 Å². The lowest BCUT2D eigenvalue weighted by atomic mass is 10.2. The van der Waals surface area contributed by atoms with Crippen LogP contribution < -0.4 is 10.1 Å². The highest BCUT2D eigenvalue weighted by Gasteiger charge is 2.08. The van der Waals surface area contributed by atoms with Crippen LogP contribution in [0.3, 0.4) is 0 Å². The third kappa shape index (κ3) is 3.85. The van der Waals surface area contributed by atoms with Gasteiger partial charge in [-0.25, -0.2) is 14.6 Å². The summed E-state index contributed by atoms with van der Waals surface area (Å²) < 4.78 is 7.48. The molecule has 118 valence electrons. The van der Waals surface area contributed by atoms with E-state index >= 15 is 0 Å². The van der Waals surface area contributed by atoms with Crippen molar-refractivity contribution in [2.75, 3.05) is 5.32 Å². The van der Waals surface area contributed by atoms with Crippen LogP contribution in [0.4, 0.5) is 5.82 Å². The molecule has 0 aliphatic carbocycles. The molecule has 0 unspecified atom stereocenters. The Bertz CT molecular complexity index is 738. The number of anilines is 1. The van der Waals surface area contributed by atoms with Gasteiger partial charge in [-0.3, -0.25) is 0 Å². The quantitative estimate of drug-likeness (QED) is 0.758. The van der Waals surface area contributed by atoms with E-state index in [9.17, 15) is 0 Å². The van der Waals surface area contributed by atoms with E-state index < -0.39 is 0 Å². The average molecular weight is 309 g/mol. The zero-order valence-electron chi connectivity index (χ0n) is 13.2. The lowest BCUT2D eigenvalue weighted by Gasteiger charge is -2.13. The van der Waals surface area contributed by atoms with Crippen LogP contribution in [0.2, 0.25) is 0 Å². The predicted molar refractivity (Wildman–Crippen MR) is 88.7 cm³/mol. The molecule has 1 aromatic carbocycles. The Hall–Kier alpha value is -2.89. The molecule has 0 bridgehead atoms. The fourth-order valence-corrected chi connectivity index (χ4v) is 2.13. The van der Waals surface area contributed by atoms with Gasteiger partial charge in [0.05, 0.1) is 11.8 Å². The Labute approximate surface area is 135 Å². The summed E-state index contributed by atoms with van der Waals surface area (Å²) in [7, 11) is 0. The molecule has 0 aliphatic heterocycles. The normalized spacial score (nSPS) is 10.7. The predicted octanol–water partition coefficient (Wildman–Crippen LogP) is 3.06. The summed E-state index contributed by atoms with van der Waals surface area (Å²) in [4.78, 5) is 8.51. The van der Waals surface area contributed by atoms with Crippen molar-refractivity contribution >= 4 is 5.82 Å². The standard InChI is InChI=1S/C17H19N5O/c1-13(2)23-17-16(18-9-10-19-17)20-12-14-4-6-15(7-5-14)22-11-3-8-21-22/h3-11,13H,12H2,1-2H3,(H,18,20). The summed E-state index contributed by atoms with van der Waals surface area (Å²) in [6.45, 7) is 4.57. The van der Waals surface area contributed by atoms with Crippen LogP contribution in [-0.2, 0) is 6.54 Å². The maximum absolute atomic E-state index is 5.65. The minimum atomic E-state index is 0.0561. The van der Waals surface area contributed by atoms with Crippen LogP contribution in [-0.4, -0.2) is 25.9 Å². The highest BCUT2D eigenvalue weighted by molar-refractivity contribution is 5.45. The number of benzene rings is 1. The molecule has 6 nitrogen and oxygen atoms in total. The maximum atomic E-state index is 5.65. The molecule has 0 aliphatic rings. The fourth-order valence-electron chi connectivity index (χ4n) is 2.13. The number of ether oxygens (including phenoxy) is 1. The molecular weight excluding hydrogens is 290 g/mol. The number of hydrogen-bond acceptors (Lipinski definition) is 5. The van der Waals surface area contributed by atoms with Crippen molar-refractivity contribution in [3.05, 3.63) is 60.7 Å². The summed E-state index contributed by atoms with van der Waals surface area (Å²) in [5.41, 5.74) is 2.17. The monoisotopic (exact) mass is 309 g/mol. The Morgan fingerprint density at radius 2 is 1.87 bits per heavy atom. The lowest BCUT2D eigenvalue weighted by molar-refractivity contribution is 0.233. The van der Waals surface area contributed by atoms with Gasteiger partial charge in [0.1, 0.15) is 0 Å². The number of aromatic nitrogens is 4. The molecule has 0 radical (unpaired) electrons. The number of hydrogen-bond donors (Lipinski definition) is 1. The Balaban J connectivity index is 1.67. The second-order valence-electron chi connectivity index (χ2n) is 5.35. The molecule has 0 saturated heterocycles. The second kappa shape index (κ2) is 6.91. The van der Waals surface area contributed by atoms with E-state index in [0.29, 0.717) is 18.2 Å². The third-order valence-corrected chi connectivity index (χ3v) is 3.18. The first-order valence-corrected chi connectivity index (χ1v) is 7.53. The summed E-state index contributed by atoms with van der Waals surface area (Å²) >= 11 is 0. The molecule has 1 N–H and O–H groups in total. The van der Waals surface area contributed by atoms with Gasteiger partial charge in [0.2, 0.25) is 0 Å². The number of nitrogens with zero attached hydrogens (tertiary/aromatic N) is 4. The molecule has 2 aromatic heterocycles. The summed E-state index contributed by atoms with van der Waals surface area (Å²) in [5, 5.41) is 7.48. The van der Waals surface area contributed by atoms with Crippen LogP contribution in [0.1, 0.15) is 19.4 Å². The molecule has 0 spiro atoms. The zero-order chi connectivity index (χ0) is 16.1. The first-order chi connectivity index (χ1) is 11.2. The smallest absolute Gasteiger partial charge is 0.257 e. The SMILES string of the molecule is CC(C)Oc1nccnc1NCc1ccc(-n2cccn2)cc1. The second-order valence-corrected chi connectivity index (χ2v) is 5.35. The van der Waals surface area contributed by atoms with E-state index in [1.807, 2.05) is 42.9 Å². The van der Waals surface area contributed by atoms with Gasteiger partial charge in [0, 0.05) is 31.3 Å². The van der Waals surface area contributed by atoms with Crippen molar-refractivity contribution < 1.29 is 4.74 Å². The van der Waals surface area contributed by atoms with Crippen LogP contribution in [0.15, 0.2) is 55.1 Å². The first-order valence-electron chi connectivity index (χ1n) is 7.53. The van der Waals surface area contributed by atoms with Gasteiger partial charge in [-0.2, -0.15) is 5.10 Å². The molecule has 2 heterocycles. The average Bonchev–Trinajstić information content (AvgIpc) is 3.08. The van der Waals surface area contributed by atoms with Gasteiger partial charge in [0.15, 0.2) is 5.82 Å². The lowest BCUT2D eigenvalue weighted by Crippen LogP contribution is -2.11. The highest BCUT2D eigenvalue weighted by Crippen LogP contribution is 2.19. The first kappa shape index (κ1) is 15.0. The number of rotatable bonds is 6. The van der Waals surface area contributed by atoms with E-state index in [1.165, 1.54) is 0 Å². The van der Waals surface area contributed by atoms with Crippen molar-refractivity contribution in [1.29, 1.82) is 0 Å². The molecule has 6 heteroatoms. The van der Waals surface area contributed by atoms with Gasteiger partial charge < -0.3 is 10.1 Å². The van der Waals surface area contributed by atoms with Crippen LogP contribution in [0.5, 0.6) is 5.88 Å². The van der Waals surface area contributed by atoms with Crippen LogP contribution >= 0.6 is 0 Å².